The summed E-state index contributed by atoms with van der Waals surface area (Å²) in [6, 6.07) is 4.34. The zero-order valence-electron chi connectivity index (χ0n) is 11.7. The summed E-state index contributed by atoms with van der Waals surface area (Å²) in [4.78, 5) is 0. The summed E-state index contributed by atoms with van der Waals surface area (Å²) in [6.45, 7) is 2.44. The van der Waals surface area contributed by atoms with Gasteiger partial charge in [0, 0.05) is 18.5 Å². The average molecular weight is 285 g/mol. The second kappa shape index (κ2) is 6.62. The standard InChI is InChI=1S/C16H16FN3O/c1-3-12(2)11-19-20-8-6-13(7-9-20)21-14-4-5-16(18)15(17)10-14/h1,4-8,10-12H,9,18H2,2H3/b19-11-/t12-/m1/s1. The largest absolute Gasteiger partial charge is 0.457 e. The number of terminal acetylenes is 1. The van der Waals surface area contributed by atoms with Crippen LogP contribution in [0.25, 0.3) is 0 Å². The van der Waals surface area contributed by atoms with Gasteiger partial charge in [-0.3, -0.25) is 5.01 Å². The van der Waals surface area contributed by atoms with Crippen LogP contribution in [0.5, 0.6) is 5.75 Å². The summed E-state index contributed by atoms with van der Waals surface area (Å²) in [7, 11) is 0. The van der Waals surface area contributed by atoms with E-state index in [0.717, 1.165) is 0 Å². The highest BCUT2D eigenvalue weighted by molar-refractivity contribution is 5.63. The Kier molecular flexibility index (Phi) is 4.62. The monoisotopic (exact) mass is 285 g/mol. The molecule has 0 bridgehead atoms. The van der Waals surface area contributed by atoms with Crippen molar-refractivity contribution in [3.63, 3.8) is 0 Å². The first-order valence-electron chi connectivity index (χ1n) is 6.46. The highest BCUT2D eigenvalue weighted by Gasteiger charge is 2.07. The molecule has 1 aliphatic heterocycles. The van der Waals surface area contributed by atoms with Crippen molar-refractivity contribution >= 4 is 11.9 Å². The van der Waals surface area contributed by atoms with Crippen LogP contribution < -0.4 is 10.5 Å². The smallest absolute Gasteiger partial charge is 0.149 e. The summed E-state index contributed by atoms with van der Waals surface area (Å²) >= 11 is 0. The van der Waals surface area contributed by atoms with E-state index < -0.39 is 5.82 Å². The molecule has 4 nitrogen and oxygen atoms in total. The predicted molar refractivity (Wildman–Crippen MR) is 81.9 cm³/mol. The van der Waals surface area contributed by atoms with Crippen molar-refractivity contribution in [3.8, 4) is 18.1 Å². The summed E-state index contributed by atoms with van der Waals surface area (Å²) < 4.78 is 18.9. The molecule has 108 valence electrons. The van der Waals surface area contributed by atoms with Gasteiger partial charge in [0.05, 0.1) is 18.2 Å². The normalized spacial score (nSPS) is 15.7. The number of allylic oxidation sites excluding steroid dienone is 1. The van der Waals surface area contributed by atoms with E-state index in [1.54, 1.807) is 29.6 Å². The third kappa shape index (κ3) is 4.11. The second-order valence-corrected chi connectivity index (χ2v) is 4.55. The van der Waals surface area contributed by atoms with Gasteiger partial charge in [0.1, 0.15) is 17.3 Å². The van der Waals surface area contributed by atoms with Crippen LogP contribution in [-0.4, -0.2) is 17.8 Å². The topological polar surface area (TPSA) is 50.8 Å². The number of nitrogens with two attached hydrogens (primary N) is 1. The molecule has 2 rings (SSSR count). The maximum absolute atomic E-state index is 13.3. The van der Waals surface area contributed by atoms with Crippen LogP contribution in [0, 0.1) is 24.1 Å². The number of hydrogen-bond acceptors (Lipinski definition) is 4. The Balaban J connectivity index is 1.95. The number of nitrogen functional groups attached to an aromatic ring is 1. The van der Waals surface area contributed by atoms with Crippen LogP contribution >= 0.6 is 0 Å². The van der Waals surface area contributed by atoms with Gasteiger partial charge in [-0.1, -0.05) is 5.92 Å². The van der Waals surface area contributed by atoms with Crippen LogP contribution in [0.15, 0.2) is 47.4 Å². The molecule has 0 radical (unpaired) electrons. The number of ether oxygens (including phenoxy) is 1. The van der Waals surface area contributed by atoms with Gasteiger partial charge in [0.2, 0.25) is 0 Å². The van der Waals surface area contributed by atoms with E-state index in [1.165, 1.54) is 12.1 Å². The average Bonchev–Trinajstić information content (AvgIpc) is 2.50. The number of rotatable bonds is 4. The fourth-order valence-corrected chi connectivity index (χ4v) is 1.57. The first kappa shape index (κ1) is 14.7. The minimum atomic E-state index is -0.498. The molecule has 1 aliphatic rings. The van der Waals surface area contributed by atoms with E-state index in [-0.39, 0.29) is 11.6 Å². The summed E-state index contributed by atoms with van der Waals surface area (Å²) in [5.74, 6) is 3.08. The molecule has 21 heavy (non-hydrogen) atoms. The molecule has 5 heteroatoms. The minimum Gasteiger partial charge on any atom is -0.457 e. The van der Waals surface area contributed by atoms with Crippen LogP contribution in [0.1, 0.15) is 6.92 Å². The van der Waals surface area contributed by atoms with E-state index in [4.69, 9.17) is 16.9 Å². The fourth-order valence-electron chi connectivity index (χ4n) is 1.57. The van der Waals surface area contributed by atoms with Gasteiger partial charge in [0.15, 0.2) is 0 Å². The Bertz CT molecular complexity index is 643. The van der Waals surface area contributed by atoms with Gasteiger partial charge in [-0.05, 0) is 31.2 Å². The lowest BCUT2D eigenvalue weighted by Gasteiger charge is -2.18. The summed E-state index contributed by atoms with van der Waals surface area (Å²) in [5.41, 5.74) is 5.51. The summed E-state index contributed by atoms with van der Waals surface area (Å²) in [6.07, 6.45) is 12.3. The Morgan fingerprint density at radius 2 is 2.38 bits per heavy atom. The number of hydrogen-bond donors (Lipinski definition) is 1. The molecular weight excluding hydrogens is 269 g/mol. The molecule has 0 aliphatic carbocycles. The molecule has 1 aromatic rings. The van der Waals surface area contributed by atoms with Crippen molar-refractivity contribution in [2.75, 3.05) is 12.3 Å². The first-order valence-corrected chi connectivity index (χ1v) is 6.46. The SMILES string of the molecule is C#C[C@@H](C)/C=N\N1C=CC(Oc2ccc(N)c(F)c2)=CC1. The van der Waals surface area contributed by atoms with Gasteiger partial charge in [0.25, 0.3) is 0 Å². The third-order valence-electron chi connectivity index (χ3n) is 2.80. The molecular formula is C16H16FN3O. The van der Waals surface area contributed by atoms with E-state index in [0.29, 0.717) is 18.1 Å². The summed E-state index contributed by atoms with van der Waals surface area (Å²) in [5, 5.41) is 5.95. The van der Waals surface area contributed by atoms with Crippen molar-refractivity contribution < 1.29 is 9.13 Å². The molecule has 0 amide bonds. The lowest BCUT2D eigenvalue weighted by molar-refractivity contribution is 0.393. The van der Waals surface area contributed by atoms with Gasteiger partial charge in [-0.25, -0.2) is 4.39 Å². The molecule has 1 heterocycles. The predicted octanol–water partition coefficient (Wildman–Crippen LogP) is 2.76. The van der Waals surface area contributed by atoms with Crippen molar-refractivity contribution in [1.82, 2.24) is 5.01 Å². The number of benzene rings is 1. The molecule has 0 unspecified atom stereocenters. The highest BCUT2D eigenvalue weighted by atomic mass is 19.1. The maximum Gasteiger partial charge on any atom is 0.149 e. The molecule has 0 saturated carbocycles. The molecule has 0 fully saturated rings. The van der Waals surface area contributed by atoms with E-state index in [1.807, 2.05) is 13.0 Å². The highest BCUT2D eigenvalue weighted by Crippen LogP contribution is 2.21. The van der Waals surface area contributed by atoms with E-state index in [9.17, 15) is 4.39 Å². The van der Waals surface area contributed by atoms with Gasteiger partial charge in [-0.15, -0.1) is 6.42 Å². The second-order valence-electron chi connectivity index (χ2n) is 4.55. The lowest BCUT2D eigenvalue weighted by atomic mass is 10.2. The molecule has 1 atom stereocenters. The van der Waals surface area contributed by atoms with Crippen molar-refractivity contribution in [3.05, 3.63) is 48.1 Å². The maximum atomic E-state index is 13.3. The van der Waals surface area contributed by atoms with E-state index >= 15 is 0 Å². The zero-order valence-corrected chi connectivity index (χ0v) is 11.7. The number of hydrazone groups is 1. The molecule has 0 saturated heterocycles. The number of anilines is 1. The fraction of sp³-hybridized carbons (Fsp3) is 0.188. The number of halogens is 1. The zero-order chi connectivity index (χ0) is 15.2. The van der Waals surface area contributed by atoms with Crippen molar-refractivity contribution in [1.29, 1.82) is 0 Å². The molecule has 2 N–H and O–H groups in total. The minimum absolute atomic E-state index is 0.0159. The Hall–Kier alpha value is -2.74. The Morgan fingerprint density at radius 3 is 3.00 bits per heavy atom. The lowest BCUT2D eigenvalue weighted by Crippen LogP contribution is -2.15. The Morgan fingerprint density at radius 1 is 1.57 bits per heavy atom. The van der Waals surface area contributed by atoms with E-state index in [2.05, 4.69) is 11.0 Å². The van der Waals surface area contributed by atoms with Gasteiger partial charge < -0.3 is 10.5 Å². The van der Waals surface area contributed by atoms with Crippen molar-refractivity contribution in [2.24, 2.45) is 11.0 Å². The molecule has 1 aromatic carbocycles. The Labute approximate surface area is 123 Å². The van der Waals surface area contributed by atoms with Crippen LogP contribution in [0.3, 0.4) is 0 Å². The van der Waals surface area contributed by atoms with Crippen LogP contribution in [-0.2, 0) is 0 Å². The third-order valence-corrected chi connectivity index (χ3v) is 2.80. The van der Waals surface area contributed by atoms with Gasteiger partial charge >= 0.3 is 0 Å². The van der Waals surface area contributed by atoms with Gasteiger partial charge in [-0.2, -0.15) is 5.10 Å². The quantitative estimate of drug-likeness (QED) is 0.526. The number of nitrogens with zero attached hydrogens (tertiary/aromatic N) is 2. The first-order chi connectivity index (χ1) is 10.1. The van der Waals surface area contributed by atoms with Crippen LogP contribution in [0.4, 0.5) is 10.1 Å². The molecule has 0 spiro atoms. The molecule has 0 aromatic heterocycles. The van der Waals surface area contributed by atoms with Crippen molar-refractivity contribution in [2.45, 2.75) is 6.92 Å². The van der Waals surface area contributed by atoms with Crippen LogP contribution in [0.2, 0.25) is 0 Å².